The molecule has 2 aromatic carbocycles. The minimum atomic E-state index is -0.190. The van der Waals surface area contributed by atoms with E-state index in [1.54, 1.807) is 7.11 Å². The third-order valence-corrected chi connectivity index (χ3v) is 5.16. The summed E-state index contributed by atoms with van der Waals surface area (Å²) in [5.41, 5.74) is 2.94. The van der Waals surface area contributed by atoms with E-state index < -0.39 is 0 Å². The minimum absolute atomic E-state index is 0.190. The van der Waals surface area contributed by atoms with E-state index >= 15 is 0 Å². The molecule has 0 unspecified atom stereocenters. The van der Waals surface area contributed by atoms with Gasteiger partial charge in [0.15, 0.2) is 5.65 Å². The Balaban J connectivity index is 1.67. The van der Waals surface area contributed by atoms with Crippen LogP contribution in [0.2, 0.25) is 0 Å². The van der Waals surface area contributed by atoms with E-state index in [0.29, 0.717) is 17.6 Å². The zero-order valence-corrected chi connectivity index (χ0v) is 17.4. The van der Waals surface area contributed by atoms with Crippen molar-refractivity contribution in [2.24, 2.45) is 0 Å². The summed E-state index contributed by atoms with van der Waals surface area (Å²) < 4.78 is 13.0. The standard InChI is InChI=1S/C24H25N3O4/c1-30-20-7-5-6-17(14-20)21-15-27(23-22(21)24(29)26-16-25-23)18-8-10-19(11-9-18)31-13-4-2-3-12-28/h5-11,14-16,28H,2-4,12-13H2,1H3,(H,25,26,29). The van der Waals surface area contributed by atoms with Gasteiger partial charge in [0, 0.05) is 24.1 Å². The molecule has 4 rings (SSSR count). The number of unbranched alkanes of at least 4 members (excludes halogenated alkanes) is 2. The number of H-pyrrole nitrogens is 1. The van der Waals surface area contributed by atoms with Crippen molar-refractivity contribution in [3.8, 4) is 28.3 Å². The van der Waals surface area contributed by atoms with Crippen molar-refractivity contribution in [1.82, 2.24) is 14.5 Å². The number of hydrogen-bond acceptors (Lipinski definition) is 5. The van der Waals surface area contributed by atoms with Crippen molar-refractivity contribution >= 4 is 11.0 Å². The van der Waals surface area contributed by atoms with Crippen molar-refractivity contribution in [2.75, 3.05) is 20.3 Å². The molecule has 0 fully saturated rings. The summed E-state index contributed by atoms with van der Waals surface area (Å²) in [6.07, 6.45) is 5.98. The van der Waals surface area contributed by atoms with Gasteiger partial charge in [-0.2, -0.15) is 0 Å². The van der Waals surface area contributed by atoms with Crippen LogP contribution in [0.4, 0.5) is 0 Å². The zero-order valence-electron chi connectivity index (χ0n) is 17.4. The van der Waals surface area contributed by atoms with Crippen molar-refractivity contribution in [1.29, 1.82) is 0 Å². The van der Waals surface area contributed by atoms with Gasteiger partial charge in [0.1, 0.15) is 11.5 Å². The minimum Gasteiger partial charge on any atom is -0.497 e. The molecule has 2 aromatic heterocycles. The van der Waals surface area contributed by atoms with Crippen LogP contribution in [0.5, 0.6) is 11.5 Å². The van der Waals surface area contributed by atoms with Gasteiger partial charge in [0.05, 0.1) is 25.4 Å². The smallest absolute Gasteiger partial charge is 0.260 e. The second kappa shape index (κ2) is 9.49. The summed E-state index contributed by atoms with van der Waals surface area (Å²) in [5, 5.41) is 9.37. The number of rotatable bonds is 9. The fourth-order valence-corrected chi connectivity index (χ4v) is 3.56. The van der Waals surface area contributed by atoms with Crippen molar-refractivity contribution in [3.05, 3.63) is 71.4 Å². The van der Waals surface area contributed by atoms with E-state index in [2.05, 4.69) is 9.97 Å². The summed E-state index contributed by atoms with van der Waals surface area (Å²) in [6, 6.07) is 15.3. The van der Waals surface area contributed by atoms with Gasteiger partial charge in [0.2, 0.25) is 0 Å². The third-order valence-electron chi connectivity index (χ3n) is 5.16. The van der Waals surface area contributed by atoms with Gasteiger partial charge in [-0.15, -0.1) is 0 Å². The second-order valence-electron chi connectivity index (χ2n) is 7.20. The van der Waals surface area contributed by atoms with Gasteiger partial charge in [0.25, 0.3) is 5.56 Å². The van der Waals surface area contributed by atoms with Crippen LogP contribution in [-0.4, -0.2) is 40.0 Å². The Morgan fingerprint density at radius 1 is 1.06 bits per heavy atom. The molecule has 0 spiro atoms. The largest absolute Gasteiger partial charge is 0.497 e. The molecule has 2 heterocycles. The number of fused-ring (bicyclic) bond motifs is 1. The molecule has 7 heteroatoms. The number of aliphatic hydroxyl groups excluding tert-OH is 1. The van der Waals surface area contributed by atoms with Gasteiger partial charge in [-0.1, -0.05) is 12.1 Å². The van der Waals surface area contributed by atoms with Crippen molar-refractivity contribution < 1.29 is 14.6 Å². The molecule has 0 bridgehead atoms. The highest BCUT2D eigenvalue weighted by Crippen LogP contribution is 2.31. The number of aromatic nitrogens is 3. The van der Waals surface area contributed by atoms with E-state index in [-0.39, 0.29) is 12.2 Å². The van der Waals surface area contributed by atoms with Crippen LogP contribution >= 0.6 is 0 Å². The predicted molar refractivity (Wildman–Crippen MR) is 120 cm³/mol. The predicted octanol–water partition coefficient (Wildman–Crippen LogP) is 3.93. The first kappa shape index (κ1) is 20.7. The monoisotopic (exact) mass is 419 g/mol. The first-order valence-corrected chi connectivity index (χ1v) is 10.3. The van der Waals surface area contributed by atoms with Crippen LogP contribution < -0.4 is 15.0 Å². The summed E-state index contributed by atoms with van der Waals surface area (Å²) >= 11 is 0. The molecule has 0 aliphatic carbocycles. The van der Waals surface area contributed by atoms with Crippen LogP contribution in [0.15, 0.2) is 65.8 Å². The lowest BCUT2D eigenvalue weighted by Crippen LogP contribution is -2.07. The van der Waals surface area contributed by atoms with E-state index in [0.717, 1.165) is 47.6 Å². The lowest BCUT2D eigenvalue weighted by Gasteiger charge is -2.08. The fraction of sp³-hybridized carbons (Fsp3) is 0.250. The highest BCUT2D eigenvalue weighted by molar-refractivity contribution is 5.94. The Labute approximate surface area is 179 Å². The molecule has 31 heavy (non-hydrogen) atoms. The van der Waals surface area contributed by atoms with E-state index in [1.807, 2.05) is 59.3 Å². The summed E-state index contributed by atoms with van der Waals surface area (Å²) in [7, 11) is 1.62. The first-order valence-electron chi connectivity index (χ1n) is 10.3. The van der Waals surface area contributed by atoms with Crippen LogP contribution in [0.3, 0.4) is 0 Å². The fourth-order valence-electron chi connectivity index (χ4n) is 3.56. The van der Waals surface area contributed by atoms with Crippen LogP contribution in [0.1, 0.15) is 19.3 Å². The number of aromatic amines is 1. The number of nitrogens with zero attached hydrogens (tertiary/aromatic N) is 2. The molecule has 160 valence electrons. The SMILES string of the molecule is COc1cccc(-c2cn(-c3ccc(OCCCCCO)cc3)c3nc[nH]c(=O)c23)c1. The lowest BCUT2D eigenvalue weighted by atomic mass is 10.1. The normalized spacial score (nSPS) is 11.0. The molecular weight excluding hydrogens is 394 g/mol. The Kier molecular flexibility index (Phi) is 6.33. The van der Waals surface area contributed by atoms with E-state index in [1.165, 1.54) is 6.33 Å². The average Bonchev–Trinajstić information content (AvgIpc) is 3.20. The summed E-state index contributed by atoms with van der Waals surface area (Å²) in [5.74, 6) is 1.50. The molecule has 0 radical (unpaired) electrons. The topological polar surface area (TPSA) is 89.4 Å². The molecule has 0 aliphatic heterocycles. The van der Waals surface area contributed by atoms with Crippen LogP contribution in [0.25, 0.3) is 27.8 Å². The summed E-state index contributed by atoms with van der Waals surface area (Å²) in [4.78, 5) is 19.8. The maximum Gasteiger partial charge on any atom is 0.260 e. The molecule has 4 aromatic rings. The Morgan fingerprint density at radius 3 is 2.68 bits per heavy atom. The van der Waals surface area contributed by atoms with Gasteiger partial charge < -0.3 is 24.1 Å². The molecule has 0 amide bonds. The Bertz CT molecular complexity index is 1210. The molecule has 0 atom stereocenters. The van der Waals surface area contributed by atoms with Gasteiger partial charge in [-0.05, 0) is 61.2 Å². The molecule has 2 N–H and O–H groups in total. The lowest BCUT2D eigenvalue weighted by molar-refractivity contribution is 0.266. The van der Waals surface area contributed by atoms with Gasteiger partial charge in [-0.25, -0.2) is 4.98 Å². The molecule has 0 aliphatic rings. The number of benzene rings is 2. The summed E-state index contributed by atoms with van der Waals surface area (Å²) in [6.45, 7) is 0.830. The van der Waals surface area contributed by atoms with Crippen molar-refractivity contribution in [3.63, 3.8) is 0 Å². The highest BCUT2D eigenvalue weighted by atomic mass is 16.5. The van der Waals surface area contributed by atoms with Gasteiger partial charge in [-0.3, -0.25) is 4.79 Å². The second-order valence-corrected chi connectivity index (χ2v) is 7.20. The third kappa shape index (κ3) is 4.46. The van der Waals surface area contributed by atoms with Crippen molar-refractivity contribution in [2.45, 2.75) is 19.3 Å². The number of hydrogen-bond donors (Lipinski definition) is 2. The number of aliphatic hydroxyl groups is 1. The number of methoxy groups -OCH3 is 1. The van der Waals surface area contributed by atoms with E-state index in [4.69, 9.17) is 14.6 Å². The van der Waals surface area contributed by atoms with Gasteiger partial charge >= 0.3 is 0 Å². The number of nitrogens with one attached hydrogen (secondary N) is 1. The van der Waals surface area contributed by atoms with Crippen LogP contribution in [0, 0.1) is 0 Å². The average molecular weight is 419 g/mol. The van der Waals surface area contributed by atoms with E-state index in [9.17, 15) is 4.79 Å². The quantitative estimate of drug-likeness (QED) is 0.401. The maximum atomic E-state index is 12.6. The maximum absolute atomic E-state index is 12.6. The highest BCUT2D eigenvalue weighted by Gasteiger charge is 2.16. The number of ether oxygens (including phenoxy) is 2. The Morgan fingerprint density at radius 2 is 1.90 bits per heavy atom. The molecule has 0 saturated heterocycles. The molecule has 7 nitrogen and oxygen atoms in total. The Hall–Kier alpha value is -3.58. The molecular formula is C24H25N3O4. The first-order chi connectivity index (χ1) is 15.2. The zero-order chi connectivity index (χ0) is 21.6. The van der Waals surface area contributed by atoms with Crippen LogP contribution in [-0.2, 0) is 0 Å². The molecule has 0 saturated carbocycles.